The lowest BCUT2D eigenvalue weighted by atomic mass is 9.45. The third kappa shape index (κ3) is 2.51. The van der Waals surface area contributed by atoms with E-state index in [1.807, 2.05) is 6.08 Å². The van der Waals surface area contributed by atoms with E-state index < -0.39 is 5.97 Å². The summed E-state index contributed by atoms with van der Waals surface area (Å²) in [7, 11) is 0. The summed E-state index contributed by atoms with van der Waals surface area (Å²) < 4.78 is 0. The molecule has 4 aliphatic carbocycles. The summed E-state index contributed by atoms with van der Waals surface area (Å²) in [5, 5.41) is 19.8. The molecule has 4 rings (SSSR count). The first-order valence-corrected chi connectivity index (χ1v) is 10.4. The van der Waals surface area contributed by atoms with Crippen LogP contribution in [0.25, 0.3) is 0 Å². The molecule has 0 aromatic rings. The molecule has 0 radical (unpaired) electrons. The lowest BCUT2D eigenvalue weighted by Gasteiger charge is -2.60. The van der Waals surface area contributed by atoms with Crippen molar-refractivity contribution in [3.8, 4) is 0 Å². The van der Waals surface area contributed by atoms with Crippen LogP contribution in [-0.4, -0.2) is 28.1 Å². The maximum Gasteiger partial charge on any atom is 0.303 e. The number of aliphatic carboxylic acids is 1. The molecule has 3 fully saturated rings. The summed E-state index contributed by atoms with van der Waals surface area (Å²) in [6.45, 7) is 4.61. The Balaban J connectivity index is 1.67. The van der Waals surface area contributed by atoms with Crippen molar-refractivity contribution in [3.05, 3.63) is 11.6 Å². The molecule has 0 aromatic carbocycles. The minimum Gasteiger partial charge on any atom is -0.481 e. The maximum absolute atomic E-state index is 12.3. The Morgan fingerprint density at radius 3 is 2.69 bits per heavy atom. The zero-order valence-electron chi connectivity index (χ0n) is 16.0. The van der Waals surface area contributed by atoms with E-state index in [1.54, 1.807) is 0 Å². The van der Waals surface area contributed by atoms with Crippen molar-refractivity contribution in [2.24, 2.45) is 34.5 Å². The zero-order chi connectivity index (χ0) is 18.7. The molecule has 0 aromatic heterocycles. The number of carboxylic acids is 1. The number of allylic oxidation sites excluding steroid dienone is 1. The van der Waals surface area contributed by atoms with Gasteiger partial charge in [-0.15, -0.1) is 0 Å². The molecule has 0 saturated heterocycles. The summed E-state index contributed by atoms with van der Waals surface area (Å²) in [5.74, 6) is 1.27. The van der Waals surface area contributed by atoms with Crippen LogP contribution in [0.2, 0.25) is 0 Å². The summed E-state index contributed by atoms with van der Waals surface area (Å²) in [6, 6.07) is 0. The normalized spacial score (nSPS) is 47.6. The quantitative estimate of drug-likeness (QED) is 0.798. The molecular weight excluding hydrogens is 328 g/mol. The lowest BCUT2D eigenvalue weighted by Crippen LogP contribution is -2.54. The van der Waals surface area contributed by atoms with Crippen LogP contribution in [0.15, 0.2) is 11.6 Å². The third-order valence-corrected chi connectivity index (χ3v) is 8.93. The molecule has 2 unspecified atom stereocenters. The van der Waals surface area contributed by atoms with Crippen molar-refractivity contribution in [2.45, 2.75) is 77.7 Å². The van der Waals surface area contributed by atoms with Gasteiger partial charge in [-0.1, -0.05) is 19.4 Å². The topological polar surface area (TPSA) is 74.6 Å². The summed E-state index contributed by atoms with van der Waals surface area (Å²) >= 11 is 0. The molecule has 0 aliphatic heterocycles. The molecule has 4 nitrogen and oxygen atoms in total. The largest absolute Gasteiger partial charge is 0.481 e. The van der Waals surface area contributed by atoms with Crippen molar-refractivity contribution < 1.29 is 19.8 Å². The molecule has 0 amide bonds. The number of rotatable bonds is 3. The first kappa shape index (κ1) is 18.2. The van der Waals surface area contributed by atoms with Crippen molar-refractivity contribution in [1.82, 2.24) is 0 Å². The highest BCUT2D eigenvalue weighted by molar-refractivity contribution is 5.92. The van der Waals surface area contributed by atoms with Gasteiger partial charge in [0, 0.05) is 12.8 Å². The monoisotopic (exact) mass is 360 g/mol. The fourth-order valence-corrected chi connectivity index (χ4v) is 7.44. The second kappa shape index (κ2) is 6.19. The summed E-state index contributed by atoms with van der Waals surface area (Å²) in [4.78, 5) is 23.5. The second-order valence-corrected chi connectivity index (χ2v) is 9.81. The van der Waals surface area contributed by atoms with Gasteiger partial charge in [-0.05, 0) is 85.5 Å². The van der Waals surface area contributed by atoms with Crippen molar-refractivity contribution in [2.75, 3.05) is 0 Å². The van der Waals surface area contributed by atoms with Gasteiger partial charge >= 0.3 is 5.97 Å². The Morgan fingerprint density at radius 2 is 1.96 bits per heavy atom. The number of carbonyl (C=O) groups is 2. The van der Waals surface area contributed by atoms with Gasteiger partial charge in [-0.3, -0.25) is 9.59 Å². The van der Waals surface area contributed by atoms with Crippen LogP contribution >= 0.6 is 0 Å². The number of fused-ring (bicyclic) bond motifs is 5. The summed E-state index contributed by atoms with van der Waals surface area (Å²) in [6.07, 6.45) is 9.26. The molecule has 0 bridgehead atoms. The fourth-order valence-electron chi connectivity index (χ4n) is 7.44. The van der Waals surface area contributed by atoms with Crippen LogP contribution in [0.3, 0.4) is 0 Å². The Kier molecular flexibility index (Phi) is 4.33. The molecule has 3 saturated carbocycles. The van der Waals surface area contributed by atoms with Crippen LogP contribution in [0.4, 0.5) is 0 Å². The van der Waals surface area contributed by atoms with Crippen LogP contribution in [0.1, 0.15) is 71.6 Å². The highest BCUT2D eigenvalue weighted by Gasteiger charge is 2.60. The number of hydrogen-bond donors (Lipinski definition) is 2. The van der Waals surface area contributed by atoms with E-state index in [0.717, 1.165) is 38.5 Å². The molecule has 4 heteroatoms. The maximum atomic E-state index is 12.3. The van der Waals surface area contributed by atoms with E-state index in [-0.39, 0.29) is 35.1 Å². The van der Waals surface area contributed by atoms with E-state index in [4.69, 9.17) is 0 Å². The van der Waals surface area contributed by atoms with Gasteiger partial charge in [0.2, 0.25) is 0 Å². The van der Waals surface area contributed by atoms with Gasteiger partial charge in [0.1, 0.15) is 0 Å². The molecule has 144 valence electrons. The fraction of sp³-hybridized carbons (Fsp3) is 0.818. The highest BCUT2D eigenvalue weighted by Crippen LogP contribution is 2.66. The molecule has 4 aliphatic rings. The Hall–Kier alpha value is -1.16. The van der Waals surface area contributed by atoms with Crippen molar-refractivity contribution in [3.63, 3.8) is 0 Å². The van der Waals surface area contributed by atoms with Crippen molar-refractivity contribution in [1.29, 1.82) is 0 Å². The lowest BCUT2D eigenvalue weighted by molar-refractivity contribution is -0.138. The minimum absolute atomic E-state index is 0.0405. The molecule has 7 atom stereocenters. The highest BCUT2D eigenvalue weighted by atomic mass is 16.4. The predicted molar refractivity (Wildman–Crippen MR) is 98.5 cm³/mol. The number of ketones is 1. The average molecular weight is 360 g/mol. The molecule has 2 N–H and O–H groups in total. The third-order valence-electron chi connectivity index (χ3n) is 8.93. The van der Waals surface area contributed by atoms with Gasteiger partial charge in [0.05, 0.1) is 6.10 Å². The first-order chi connectivity index (χ1) is 12.3. The standard InChI is InChI=1S/C22H32O4/c1-21-10-9-18-16(17(21)6-7-19(21)24)5-3-13-11-15(23)12-14(22(13,18)2)4-8-20(25)26/h11,14,16-19,24H,3-10,12H2,1-2H3,(H,25,26)/t14?,16-,17-,18-,19?,21-,22+/m0/s1. The molecular formula is C22H32O4. The minimum atomic E-state index is -0.764. The second-order valence-electron chi connectivity index (χ2n) is 9.81. The molecule has 0 heterocycles. The number of carboxylic acid groups (broad SMARTS) is 1. The molecule has 0 spiro atoms. The summed E-state index contributed by atoms with van der Waals surface area (Å²) in [5.41, 5.74) is 1.30. The number of aliphatic hydroxyl groups excluding tert-OH is 1. The van der Waals surface area contributed by atoms with Gasteiger partial charge < -0.3 is 10.2 Å². The van der Waals surface area contributed by atoms with Gasteiger partial charge in [-0.25, -0.2) is 0 Å². The Bertz CT molecular complexity index is 653. The van der Waals surface area contributed by atoms with Gasteiger partial charge in [-0.2, -0.15) is 0 Å². The molecule has 26 heavy (non-hydrogen) atoms. The van der Waals surface area contributed by atoms with Crippen LogP contribution in [-0.2, 0) is 9.59 Å². The average Bonchev–Trinajstić information content (AvgIpc) is 2.89. The number of hydrogen-bond acceptors (Lipinski definition) is 3. The van der Waals surface area contributed by atoms with Crippen LogP contribution < -0.4 is 0 Å². The van der Waals surface area contributed by atoms with E-state index in [1.165, 1.54) is 5.57 Å². The van der Waals surface area contributed by atoms with Crippen molar-refractivity contribution >= 4 is 11.8 Å². The van der Waals surface area contributed by atoms with E-state index >= 15 is 0 Å². The van der Waals surface area contributed by atoms with E-state index in [2.05, 4.69) is 13.8 Å². The first-order valence-electron chi connectivity index (χ1n) is 10.4. The SMILES string of the molecule is C[C@]12CC[C@H]3[C@@H](CCC4=CC(=O)CC(CCC(=O)O)[C@@]43C)[C@@H]1CCC2O. The van der Waals surface area contributed by atoms with Gasteiger partial charge in [0.25, 0.3) is 0 Å². The van der Waals surface area contributed by atoms with Crippen LogP contribution in [0, 0.1) is 34.5 Å². The number of aliphatic hydroxyl groups is 1. The Labute approximate surface area is 156 Å². The zero-order valence-corrected chi connectivity index (χ0v) is 16.0. The van der Waals surface area contributed by atoms with E-state index in [9.17, 15) is 19.8 Å². The smallest absolute Gasteiger partial charge is 0.303 e. The number of carbonyl (C=O) groups excluding carboxylic acids is 1. The van der Waals surface area contributed by atoms with E-state index in [0.29, 0.717) is 30.6 Å². The Morgan fingerprint density at radius 1 is 1.19 bits per heavy atom. The predicted octanol–water partition coefficient (Wildman–Crippen LogP) is 3.97. The van der Waals surface area contributed by atoms with Gasteiger partial charge in [0.15, 0.2) is 5.78 Å². The van der Waals surface area contributed by atoms with Crippen LogP contribution in [0.5, 0.6) is 0 Å².